The van der Waals surface area contributed by atoms with Gasteiger partial charge in [-0.2, -0.15) is 0 Å². The normalized spacial score (nSPS) is 34.4. The highest BCUT2D eigenvalue weighted by Gasteiger charge is 2.60. The second kappa shape index (κ2) is 20.7. The number of Topliss-reactive ketones (excluding diaryl/α,β-unsaturated/α-hetero) is 1. The Morgan fingerprint density at radius 1 is 1.00 bits per heavy atom. The van der Waals surface area contributed by atoms with E-state index in [1.54, 1.807) is 36.7 Å². The summed E-state index contributed by atoms with van der Waals surface area (Å²) < 4.78 is 35.5. The number of hydrogen-bond donors (Lipinski definition) is 1. The Hall–Kier alpha value is -4.62. The zero-order chi connectivity index (χ0) is 47.5. The lowest BCUT2D eigenvalue weighted by atomic mass is 9.73. The SMILES string of the molecule is CC[C@H]1OC(=O)[C@H](C)C(=O)[C@H](C)[C@@H](O[C@@H]2O[C@H](C)C[C@H](N(C)CCc3cn(CCCCc4ccc(-n5ccnn5)cc4)nn3)[C@H]2O)[C@](C)(OC)C[C@@H](C)C2=NCCN3C(=O)O[C@@]1(C)[C@H]3[C@H]2C. The number of aromatic nitrogens is 6. The predicted octanol–water partition coefficient (Wildman–Crippen LogP) is 4.88. The summed E-state index contributed by atoms with van der Waals surface area (Å²) in [4.78, 5) is 50.7. The maximum atomic E-state index is 14.5. The number of carbonyl (C=O) groups excluding carboxylic acids is 3. The van der Waals surface area contributed by atoms with Gasteiger partial charge in [-0.05, 0) is 96.9 Å². The van der Waals surface area contributed by atoms with Crippen LogP contribution in [0.25, 0.3) is 5.69 Å². The van der Waals surface area contributed by atoms with E-state index < -0.39 is 71.5 Å². The summed E-state index contributed by atoms with van der Waals surface area (Å²) in [6.07, 6.45) is 5.60. The Kier molecular flexibility index (Phi) is 15.5. The fourth-order valence-electron chi connectivity index (χ4n) is 11.0. The van der Waals surface area contributed by atoms with Crippen LogP contribution in [0.5, 0.6) is 0 Å². The number of aliphatic hydroxyl groups is 1. The van der Waals surface area contributed by atoms with Crippen LogP contribution in [0.1, 0.15) is 98.8 Å². The van der Waals surface area contributed by atoms with Crippen LogP contribution in [0.3, 0.4) is 0 Å². The van der Waals surface area contributed by atoms with Gasteiger partial charge < -0.3 is 33.7 Å². The molecule has 0 saturated carbocycles. The summed E-state index contributed by atoms with van der Waals surface area (Å²) in [5, 5.41) is 28.8. The average Bonchev–Trinajstić information content (AvgIpc) is 4.04. The van der Waals surface area contributed by atoms with E-state index in [2.05, 4.69) is 56.7 Å². The van der Waals surface area contributed by atoms with E-state index in [4.69, 9.17) is 28.7 Å². The Morgan fingerprint density at radius 3 is 2.45 bits per heavy atom. The first-order chi connectivity index (χ1) is 31.5. The summed E-state index contributed by atoms with van der Waals surface area (Å²) in [7, 11) is 3.56. The molecule has 18 nitrogen and oxygen atoms in total. The van der Waals surface area contributed by atoms with Crippen molar-refractivity contribution >= 4 is 23.6 Å². The quantitative estimate of drug-likeness (QED) is 0.130. The van der Waals surface area contributed by atoms with Gasteiger partial charge in [-0.1, -0.05) is 50.3 Å². The predicted molar refractivity (Wildman–Crippen MR) is 244 cm³/mol. The maximum absolute atomic E-state index is 14.5. The first kappa shape index (κ1) is 49.3. The number of likely N-dealkylation sites (N-methyl/N-ethyl adjacent to an activating group) is 1. The molecule has 0 spiro atoms. The number of esters is 1. The number of nitrogens with zero attached hydrogens (tertiary/aromatic N) is 9. The molecule has 1 amide bonds. The minimum absolute atomic E-state index is 0.190. The molecule has 6 heterocycles. The molecule has 3 fully saturated rings. The Balaban J connectivity index is 1.02. The number of fused-ring (bicyclic) bond motifs is 1. The van der Waals surface area contributed by atoms with E-state index in [0.29, 0.717) is 45.3 Å². The van der Waals surface area contributed by atoms with Gasteiger partial charge in [-0.3, -0.25) is 24.2 Å². The smallest absolute Gasteiger partial charge is 0.410 e. The number of ether oxygens (including phenoxy) is 5. The van der Waals surface area contributed by atoms with Gasteiger partial charge in [0.05, 0.1) is 54.2 Å². The second-order valence-corrected chi connectivity index (χ2v) is 19.5. The summed E-state index contributed by atoms with van der Waals surface area (Å²) >= 11 is 0. The topological polar surface area (TPSA) is 198 Å². The van der Waals surface area contributed by atoms with Crippen LogP contribution >= 0.6 is 0 Å². The summed E-state index contributed by atoms with van der Waals surface area (Å²) in [5.41, 5.74) is 1.68. The van der Waals surface area contributed by atoms with Gasteiger partial charge >= 0.3 is 12.1 Å². The molecule has 0 radical (unpaired) electrons. The highest BCUT2D eigenvalue weighted by Crippen LogP contribution is 2.44. The number of hydrogen-bond acceptors (Lipinski definition) is 15. The van der Waals surface area contributed by atoms with Gasteiger partial charge in [0, 0.05) is 63.0 Å². The van der Waals surface area contributed by atoms with Crippen LogP contribution in [0, 0.1) is 23.7 Å². The largest absolute Gasteiger partial charge is 0.458 e. The lowest BCUT2D eigenvalue weighted by Crippen LogP contribution is -2.60. The van der Waals surface area contributed by atoms with Crippen molar-refractivity contribution in [2.75, 3.05) is 33.8 Å². The number of carbonyl (C=O) groups is 3. The number of aryl methyl sites for hydroxylation is 2. The minimum atomic E-state index is -1.18. The third-order valence-electron chi connectivity index (χ3n) is 14.8. The van der Waals surface area contributed by atoms with E-state index in [0.717, 1.165) is 42.9 Å². The van der Waals surface area contributed by atoms with Crippen molar-refractivity contribution in [2.45, 2.75) is 161 Å². The molecule has 4 aliphatic heterocycles. The van der Waals surface area contributed by atoms with Gasteiger partial charge in [0.25, 0.3) is 0 Å². The molecule has 1 N–H and O–H groups in total. The first-order valence-corrected chi connectivity index (χ1v) is 23.8. The van der Waals surface area contributed by atoms with Crippen LogP contribution in [0.2, 0.25) is 0 Å². The molecule has 0 unspecified atom stereocenters. The van der Waals surface area contributed by atoms with Crippen molar-refractivity contribution in [1.82, 2.24) is 39.8 Å². The van der Waals surface area contributed by atoms with Crippen molar-refractivity contribution in [3.8, 4) is 5.69 Å². The lowest BCUT2D eigenvalue weighted by molar-refractivity contribution is -0.295. The molecule has 2 aromatic heterocycles. The van der Waals surface area contributed by atoms with E-state index in [9.17, 15) is 19.5 Å². The van der Waals surface area contributed by atoms with Crippen LogP contribution in [0.4, 0.5) is 4.79 Å². The number of amides is 1. The summed E-state index contributed by atoms with van der Waals surface area (Å²) in [6.45, 7) is 17.1. The zero-order valence-electron chi connectivity index (χ0n) is 40.4. The van der Waals surface area contributed by atoms with E-state index in [1.807, 2.05) is 58.7 Å². The first-order valence-electron chi connectivity index (χ1n) is 23.8. The molecule has 362 valence electrons. The molecule has 18 heteroatoms. The molecule has 1 aromatic carbocycles. The van der Waals surface area contributed by atoms with E-state index in [-0.39, 0.29) is 24.0 Å². The van der Waals surface area contributed by atoms with Gasteiger partial charge in [0.2, 0.25) is 0 Å². The van der Waals surface area contributed by atoms with E-state index in [1.165, 1.54) is 5.56 Å². The fraction of sp³-hybridized carbons (Fsp3) is 0.708. The summed E-state index contributed by atoms with van der Waals surface area (Å²) in [6, 6.07) is 7.55. The Bertz CT molecular complexity index is 2150. The van der Waals surface area contributed by atoms with Gasteiger partial charge in [0.1, 0.15) is 18.1 Å². The van der Waals surface area contributed by atoms with Crippen molar-refractivity contribution in [3.05, 3.63) is 54.1 Å². The number of methoxy groups -OCH3 is 1. The summed E-state index contributed by atoms with van der Waals surface area (Å²) in [5.74, 6) is -3.63. The molecule has 3 aromatic rings. The standard InChI is InChI=1S/C48H71N9O9/c1-11-38-48(8)42-31(4)39(49-20-24-56(42)46(61)66-48)29(2)27-47(7,62-10)43(32(5)40(58)33(6)44(60)64-38)65-45-41(59)37(26-30(3)63-45)54(9)23-19-35-28-55(53-51-35)22-13-12-14-34-15-17-36(18-16-34)57-25-21-50-52-57/h15-18,21,25,28-33,37-38,41-43,45,59H,11-14,19-20,22-24,26-27H2,1-10H3/t29-,30-,31+,32+,33-,37+,38-,41-,42-,43-,45+,47-,48-/m1/s1. The van der Waals surface area contributed by atoms with Crippen LogP contribution in [-0.4, -0.2) is 156 Å². The highest BCUT2D eigenvalue weighted by atomic mass is 16.7. The number of aliphatic hydroxyl groups excluding tert-OH is 1. The van der Waals surface area contributed by atoms with Crippen LogP contribution < -0.4 is 0 Å². The Morgan fingerprint density at radius 2 is 1.76 bits per heavy atom. The van der Waals surface area contributed by atoms with Gasteiger partial charge in [-0.15, -0.1) is 10.2 Å². The lowest BCUT2D eigenvalue weighted by Gasteiger charge is -2.47. The van der Waals surface area contributed by atoms with Crippen LogP contribution in [-0.2, 0) is 52.7 Å². The van der Waals surface area contributed by atoms with Crippen molar-refractivity contribution in [3.63, 3.8) is 0 Å². The van der Waals surface area contributed by atoms with E-state index >= 15 is 0 Å². The molecule has 2 bridgehead atoms. The molecule has 66 heavy (non-hydrogen) atoms. The second-order valence-electron chi connectivity index (χ2n) is 19.5. The van der Waals surface area contributed by atoms with Crippen molar-refractivity contribution in [1.29, 1.82) is 0 Å². The molecule has 4 aliphatic rings. The molecule has 7 rings (SSSR count). The molecular weight excluding hydrogens is 847 g/mol. The number of unbranched alkanes of at least 4 members (excludes halogenated alkanes) is 1. The molecule has 13 atom stereocenters. The minimum Gasteiger partial charge on any atom is -0.458 e. The number of cyclic esters (lactones) is 1. The third kappa shape index (κ3) is 10.3. The fourth-order valence-corrected chi connectivity index (χ4v) is 11.0. The number of benzene rings is 1. The number of rotatable bonds is 14. The highest BCUT2D eigenvalue weighted by molar-refractivity contribution is 6.00. The average molecular weight is 918 g/mol. The third-order valence-corrected chi connectivity index (χ3v) is 14.8. The number of aliphatic imine (C=N–C) groups is 1. The van der Waals surface area contributed by atoms with Gasteiger partial charge in [0.15, 0.2) is 17.7 Å². The Labute approximate surface area is 388 Å². The monoisotopic (exact) mass is 918 g/mol. The zero-order valence-corrected chi connectivity index (χ0v) is 40.4. The van der Waals surface area contributed by atoms with Crippen molar-refractivity contribution < 1.29 is 43.2 Å². The van der Waals surface area contributed by atoms with Gasteiger partial charge in [-0.25, -0.2) is 9.48 Å². The maximum Gasteiger partial charge on any atom is 0.410 e. The van der Waals surface area contributed by atoms with Crippen molar-refractivity contribution in [2.24, 2.45) is 28.7 Å². The number of ketones is 1. The molecular formula is C48H71N9O9. The molecule has 0 aliphatic carbocycles. The molecule has 3 saturated heterocycles. The van der Waals surface area contributed by atoms with Crippen LogP contribution in [0.15, 0.2) is 47.8 Å².